The maximum atomic E-state index is 13.1. The molecule has 3 aromatic rings. The summed E-state index contributed by atoms with van der Waals surface area (Å²) in [6.07, 6.45) is 1.88. The molecule has 2 heterocycles. The van der Waals surface area contributed by atoms with Crippen molar-refractivity contribution in [2.45, 2.75) is 13.3 Å². The molecule has 0 saturated heterocycles. The summed E-state index contributed by atoms with van der Waals surface area (Å²) < 4.78 is 18.8. The van der Waals surface area contributed by atoms with Gasteiger partial charge in [-0.25, -0.2) is 9.37 Å². The summed E-state index contributed by atoms with van der Waals surface area (Å²) in [6.45, 7) is 1.87. The summed E-state index contributed by atoms with van der Waals surface area (Å²) in [7, 11) is 0. The number of furan rings is 1. The van der Waals surface area contributed by atoms with Gasteiger partial charge in [-0.2, -0.15) is 0 Å². The van der Waals surface area contributed by atoms with E-state index >= 15 is 0 Å². The standard InChI is InChI=1S/C14H11FN2O2/c1-2-10-13(16-7-17-14(10)18)12-6-8-5-9(15)3-4-11(8)19-12/h3-7H,2H2,1H3,(H,16,17,18). The van der Waals surface area contributed by atoms with Crippen LogP contribution in [0.25, 0.3) is 22.4 Å². The molecule has 19 heavy (non-hydrogen) atoms. The molecule has 1 N–H and O–H groups in total. The number of nitrogens with zero attached hydrogens (tertiary/aromatic N) is 1. The average Bonchev–Trinajstić information content (AvgIpc) is 2.81. The van der Waals surface area contributed by atoms with Crippen LogP contribution >= 0.6 is 0 Å². The Bertz CT molecular complexity index is 805. The van der Waals surface area contributed by atoms with Crippen LogP contribution in [0.2, 0.25) is 0 Å². The molecular weight excluding hydrogens is 247 g/mol. The van der Waals surface area contributed by atoms with E-state index in [0.29, 0.717) is 34.4 Å². The third-order valence-corrected chi connectivity index (χ3v) is 3.01. The average molecular weight is 258 g/mol. The highest BCUT2D eigenvalue weighted by Gasteiger charge is 2.14. The Hall–Kier alpha value is -2.43. The number of benzene rings is 1. The Morgan fingerprint density at radius 2 is 2.21 bits per heavy atom. The Morgan fingerprint density at radius 3 is 3.00 bits per heavy atom. The maximum absolute atomic E-state index is 13.1. The van der Waals surface area contributed by atoms with Crippen molar-refractivity contribution in [2.24, 2.45) is 0 Å². The molecule has 0 spiro atoms. The second kappa shape index (κ2) is 4.35. The molecule has 0 atom stereocenters. The summed E-state index contributed by atoms with van der Waals surface area (Å²) in [5, 5.41) is 0.652. The zero-order valence-electron chi connectivity index (χ0n) is 10.2. The summed E-state index contributed by atoms with van der Waals surface area (Å²) in [5.74, 6) is 0.151. The summed E-state index contributed by atoms with van der Waals surface area (Å²) in [5.41, 5.74) is 1.45. The molecule has 0 bridgehead atoms. The zero-order chi connectivity index (χ0) is 13.4. The van der Waals surface area contributed by atoms with E-state index in [4.69, 9.17) is 4.42 Å². The minimum absolute atomic E-state index is 0.181. The van der Waals surface area contributed by atoms with Crippen LogP contribution in [0, 0.1) is 5.82 Å². The number of halogens is 1. The molecule has 5 heteroatoms. The van der Waals surface area contributed by atoms with Gasteiger partial charge in [0, 0.05) is 10.9 Å². The highest BCUT2D eigenvalue weighted by atomic mass is 19.1. The SMILES string of the molecule is CCc1c(-c2cc3cc(F)ccc3o2)nc[nH]c1=O. The van der Waals surface area contributed by atoms with Crippen molar-refractivity contribution in [3.05, 3.63) is 52.3 Å². The van der Waals surface area contributed by atoms with Gasteiger partial charge >= 0.3 is 0 Å². The highest BCUT2D eigenvalue weighted by molar-refractivity contribution is 5.82. The van der Waals surface area contributed by atoms with Crippen LogP contribution in [0.4, 0.5) is 4.39 Å². The topological polar surface area (TPSA) is 58.9 Å². The van der Waals surface area contributed by atoms with Gasteiger partial charge in [0.25, 0.3) is 5.56 Å². The fourth-order valence-corrected chi connectivity index (χ4v) is 2.10. The largest absolute Gasteiger partial charge is 0.454 e. The smallest absolute Gasteiger partial charge is 0.254 e. The third-order valence-electron chi connectivity index (χ3n) is 3.01. The van der Waals surface area contributed by atoms with Gasteiger partial charge in [0.2, 0.25) is 0 Å². The lowest BCUT2D eigenvalue weighted by atomic mass is 10.1. The van der Waals surface area contributed by atoms with Crippen molar-refractivity contribution >= 4 is 11.0 Å². The molecule has 0 radical (unpaired) electrons. The molecule has 0 aliphatic rings. The number of hydrogen-bond acceptors (Lipinski definition) is 3. The molecule has 0 unspecified atom stereocenters. The van der Waals surface area contributed by atoms with Crippen LogP contribution in [0.1, 0.15) is 12.5 Å². The molecule has 1 aromatic carbocycles. The number of fused-ring (bicyclic) bond motifs is 1. The number of hydrogen-bond donors (Lipinski definition) is 1. The molecule has 4 nitrogen and oxygen atoms in total. The van der Waals surface area contributed by atoms with Crippen molar-refractivity contribution in [1.29, 1.82) is 0 Å². The Kier molecular flexibility index (Phi) is 2.67. The molecule has 0 saturated carbocycles. The van der Waals surface area contributed by atoms with E-state index in [0.717, 1.165) is 0 Å². The Labute approximate surface area is 107 Å². The number of H-pyrrole nitrogens is 1. The first kappa shape index (κ1) is 11.6. The summed E-state index contributed by atoms with van der Waals surface area (Å²) in [6, 6.07) is 5.98. The number of aromatic nitrogens is 2. The maximum Gasteiger partial charge on any atom is 0.254 e. The van der Waals surface area contributed by atoms with Crippen LogP contribution in [-0.2, 0) is 6.42 Å². The van der Waals surface area contributed by atoms with Crippen LogP contribution in [-0.4, -0.2) is 9.97 Å². The molecule has 0 amide bonds. The lowest BCUT2D eigenvalue weighted by Crippen LogP contribution is -2.13. The van der Waals surface area contributed by atoms with Crippen molar-refractivity contribution in [3.63, 3.8) is 0 Å². The van der Waals surface area contributed by atoms with E-state index in [9.17, 15) is 9.18 Å². The normalized spacial score (nSPS) is 11.1. The van der Waals surface area contributed by atoms with Crippen molar-refractivity contribution < 1.29 is 8.81 Å². The van der Waals surface area contributed by atoms with Crippen LogP contribution in [0.5, 0.6) is 0 Å². The molecule has 0 aliphatic carbocycles. The van der Waals surface area contributed by atoms with E-state index in [1.54, 1.807) is 12.1 Å². The quantitative estimate of drug-likeness (QED) is 0.768. The predicted octanol–water partition coefficient (Wildman–Crippen LogP) is 2.88. The minimum atomic E-state index is -0.325. The van der Waals surface area contributed by atoms with Crippen molar-refractivity contribution in [1.82, 2.24) is 9.97 Å². The number of rotatable bonds is 2. The highest BCUT2D eigenvalue weighted by Crippen LogP contribution is 2.28. The second-order valence-corrected chi connectivity index (χ2v) is 4.21. The lowest BCUT2D eigenvalue weighted by molar-refractivity contribution is 0.617. The Morgan fingerprint density at radius 1 is 1.37 bits per heavy atom. The molecule has 0 fully saturated rings. The first-order chi connectivity index (χ1) is 9.19. The molecular formula is C14H11FN2O2. The molecule has 0 aliphatic heterocycles. The second-order valence-electron chi connectivity index (χ2n) is 4.21. The van der Waals surface area contributed by atoms with Gasteiger partial charge < -0.3 is 9.40 Å². The van der Waals surface area contributed by atoms with Gasteiger partial charge in [0.1, 0.15) is 17.1 Å². The fourth-order valence-electron chi connectivity index (χ4n) is 2.10. The molecule has 2 aromatic heterocycles. The summed E-state index contributed by atoms with van der Waals surface area (Å²) in [4.78, 5) is 18.4. The van der Waals surface area contributed by atoms with E-state index in [1.165, 1.54) is 18.5 Å². The van der Waals surface area contributed by atoms with Crippen LogP contribution in [0.3, 0.4) is 0 Å². The van der Waals surface area contributed by atoms with Gasteiger partial charge in [-0.3, -0.25) is 4.79 Å². The van der Waals surface area contributed by atoms with Crippen molar-refractivity contribution in [3.8, 4) is 11.5 Å². The van der Waals surface area contributed by atoms with Crippen LogP contribution in [0.15, 0.2) is 39.8 Å². The third kappa shape index (κ3) is 1.93. The van der Waals surface area contributed by atoms with E-state index in [-0.39, 0.29) is 11.4 Å². The van der Waals surface area contributed by atoms with Gasteiger partial charge in [0.15, 0.2) is 5.76 Å². The zero-order valence-corrected chi connectivity index (χ0v) is 10.2. The van der Waals surface area contributed by atoms with Gasteiger partial charge in [0.05, 0.1) is 6.33 Å². The van der Waals surface area contributed by atoms with E-state index in [1.807, 2.05) is 6.92 Å². The Balaban J connectivity index is 2.25. The summed E-state index contributed by atoms with van der Waals surface area (Å²) >= 11 is 0. The first-order valence-corrected chi connectivity index (χ1v) is 5.95. The molecule has 96 valence electrons. The van der Waals surface area contributed by atoms with Crippen molar-refractivity contribution in [2.75, 3.05) is 0 Å². The monoisotopic (exact) mass is 258 g/mol. The number of aromatic amines is 1. The van der Waals surface area contributed by atoms with Gasteiger partial charge in [-0.1, -0.05) is 6.92 Å². The number of nitrogens with one attached hydrogen (secondary N) is 1. The van der Waals surface area contributed by atoms with E-state index < -0.39 is 0 Å². The predicted molar refractivity (Wildman–Crippen MR) is 69.4 cm³/mol. The fraction of sp³-hybridized carbons (Fsp3) is 0.143. The van der Waals surface area contributed by atoms with Crippen LogP contribution < -0.4 is 5.56 Å². The first-order valence-electron chi connectivity index (χ1n) is 5.95. The minimum Gasteiger partial charge on any atom is -0.454 e. The molecule has 3 rings (SSSR count). The van der Waals surface area contributed by atoms with E-state index in [2.05, 4.69) is 9.97 Å². The lowest BCUT2D eigenvalue weighted by Gasteiger charge is -2.01. The van der Waals surface area contributed by atoms with Gasteiger partial charge in [-0.15, -0.1) is 0 Å². The van der Waals surface area contributed by atoms with Gasteiger partial charge in [-0.05, 0) is 30.7 Å².